The van der Waals surface area contributed by atoms with Gasteiger partial charge in [0.1, 0.15) is 48.3 Å². The van der Waals surface area contributed by atoms with E-state index in [1.54, 1.807) is 58.0 Å². The fraction of sp³-hybridized carbons (Fsp3) is 0.640. The van der Waals surface area contributed by atoms with E-state index < -0.39 is 144 Å². The summed E-state index contributed by atoms with van der Waals surface area (Å²) < 4.78 is 0. The first-order valence-electron chi connectivity index (χ1n) is 25.9. The molecule has 0 saturated carbocycles. The van der Waals surface area contributed by atoms with Crippen molar-refractivity contribution in [1.29, 1.82) is 0 Å². The summed E-state index contributed by atoms with van der Waals surface area (Å²) in [6.45, 7) is 10.4. The van der Waals surface area contributed by atoms with Crippen LogP contribution in [-0.4, -0.2) is 160 Å². The third-order valence-corrected chi connectivity index (χ3v) is 12.5. The van der Waals surface area contributed by atoms with Crippen LogP contribution in [0.25, 0.3) is 0 Å². The second-order valence-corrected chi connectivity index (χ2v) is 20.2. The van der Waals surface area contributed by atoms with Crippen molar-refractivity contribution in [3.05, 3.63) is 35.9 Å². The normalized spacial score (nSPS) is 16.3. The van der Waals surface area contributed by atoms with Gasteiger partial charge in [-0.3, -0.25) is 52.9 Å². The molecular formula is C50H82N14O13. The molecule has 1 saturated heterocycles. The molecule has 1 aromatic rings. The molecule has 1 aliphatic heterocycles. The van der Waals surface area contributed by atoms with Gasteiger partial charge in [0.2, 0.25) is 53.2 Å². The minimum Gasteiger partial charge on any atom is -0.481 e. The summed E-state index contributed by atoms with van der Waals surface area (Å²) in [6.07, 6.45) is -0.0272. The minimum absolute atomic E-state index is 0.0285. The Morgan fingerprint density at radius 1 is 0.636 bits per heavy atom. The zero-order chi connectivity index (χ0) is 58.1. The second kappa shape index (κ2) is 32.9. The number of hydrogen-bond donors (Lipinski definition) is 14. The number of unbranched alkanes of at least 4 members (excludes halogenated alkanes) is 1. The molecule has 2 rings (SSSR count). The summed E-state index contributed by atoms with van der Waals surface area (Å²) in [5.74, 6) is -12.3. The molecule has 9 amide bonds. The number of aliphatic imine (C=N–C) groups is 1. The highest BCUT2D eigenvalue weighted by atomic mass is 16.4. The van der Waals surface area contributed by atoms with E-state index in [-0.39, 0.29) is 63.5 Å². The summed E-state index contributed by atoms with van der Waals surface area (Å²) in [7, 11) is 0. The van der Waals surface area contributed by atoms with Gasteiger partial charge in [-0.15, -0.1) is 0 Å². The molecule has 19 N–H and O–H groups in total. The van der Waals surface area contributed by atoms with Crippen LogP contribution < -0.4 is 65.9 Å². The van der Waals surface area contributed by atoms with Gasteiger partial charge in [-0.05, 0) is 81.2 Å². The highest BCUT2D eigenvalue weighted by Crippen LogP contribution is 2.21. The maximum Gasteiger partial charge on any atom is 0.326 e. The first-order chi connectivity index (χ1) is 36.2. The molecule has 9 atom stereocenters. The molecular weight excluding hydrogens is 1000 g/mol. The lowest BCUT2D eigenvalue weighted by atomic mass is 10.00. The van der Waals surface area contributed by atoms with Crippen molar-refractivity contribution in [2.45, 2.75) is 167 Å². The molecule has 27 nitrogen and oxygen atoms in total. The van der Waals surface area contributed by atoms with Crippen LogP contribution in [0, 0.1) is 17.8 Å². The van der Waals surface area contributed by atoms with Crippen molar-refractivity contribution >= 4 is 71.1 Å². The quantitative estimate of drug-likeness (QED) is 0.0185. The smallest absolute Gasteiger partial charge is 0.326 e. The van der Waals surface area contributed by atoms with Crippen LogP contribution in [-0.2, 0) is 59.2 Å². The number of benzene rings is 1. The van der Waals surface area contributed by atoms with Gasteiger partial charge in [-0.2, -0.15) is 0 Å². The molecule has 0 spiro atoms. The highest BCUT2D eigenvalue weighted by molar-refractivity contribution is 6.00. The molecule has 0 radical (unpaired) electrons. The van der Waals surface area contributed by atoms with Gasteiger partial charge >= 0.3 is 11.9 Å². The van der Waals surface area contributed by atoms with Gasteiger partial charge in [0, 0.05) is 19.5 Å². The maximum atomic E-state index is 14.3. The van der Waals surface area contributed by atoms with E-state index in [1.165, 1.54) is 0 Å². The topological polar surface area (TPSA) is 458 Å². The van der Waals surface area contributed by atoms with Crippen LogP contribution in [0.2, 0.25) is 0 Å². The van der Waals surface area contributed by atoms with Crippen molar-refractivity contribution in [2.24, 2.45) is 51.4 Å². The summed E-state index contributed by atoms with van der Waals surface area (Å²) >= 11 is 0. The number of carboxylic acid groups (broad SMARTS) is 2. The van der Waals surface area contributed by atoms with E-state index in [0.29, 0.717) is 31.4 Å². The number of aliphatic carboxylic acids is 2. The number of likely N-dealkylation sites (tertiary alicyclic amines) is 1. The Morgan fingerprint density at radius 3 is 1.71 bits per heavy atom. The summed E-state index contributed by atoms with van der Waals surface area (Å²) in [5.41, 5.74) is 28.6. The van der Waals surface area contributed by atoms with Crippen molar-refractivity contribution in [1.82, 2.24) is 42.1 Å². The van der Waals surface area contributed by atoms with E-state index in [0.717, 1.165) is 4.90 Å². The van der Waals surface area contributed by atoms with Crippen molar-refractivity contribution in [3.63, 3.8) is 0 Å². The van der Waals surface area contributed by atoms with Crippen molar-refractivity contribution in [2.75, 3.05) is 19.6 Å². The standard InChI is InChI=1S/C50H82N14O13/c1-26(2)22-30(52)41(68)57-31(17-12-20-56-50(54)55)42(69)62-39(27(3)4)47(74)61-35(25-38(66)67)48(75)64-21-13-18-36(64)45(72)63-40(28(5)6)46(73)60-34(24-37(53)65)44(71)59-33(23-29-14-8-7-9-15-29)43(70)58-32(49(76)77)16-10-11-19-51/h7-9,14-15,26-28,30-36,39-40H,10-13,16-25,51-52H2,1-6H3,(H2,53,65)(H,57,68)(H,58,70)(H,59,71)(H,60,73)(H,61,74)(H,62,69)(H,63,72)(H,66,67)(H,76,77)(H4,54,55,56)/t30-,31-,32-,33-,34-,35-,36-,39-,40-/m0/s1. The zero-order valence-corrected chi connectivity index (χ0v) is 44.9. The zero-order valence-electron chi connectivity index (χ0n) is 44.9. The number of hydrogen-bond acceptors (Lipinski definition) is 14. The molecule has 1 aromatic carbocycles. The molecule has 0 aliphatic carbocycles. The van der Waals surface area contributed by atoms with Gasteiger partial charge in [0.05, 0.1) is 18.9 Å². The van der Waals surface area contributed by atoms with E-state index in [4.69, 9.17) is 28.7 Å². The van der Waals surface area contributed by atoms with Gasteiger partial charge in [0.15, 0.2) is 5.96 Å². The summed E-state index contributed by atoms with van der Waals surface area (Å²) in [6, 6.07) is -4.01. The number of carboxylic acids is 2. The summed E-state index contributed by atoms with van der Waals surface area (Å²) in [4.78, 5) is 152. The van der Waals surface area contributed by atoms with E-state index in [9.17, 15) is 63.0 Å². The third kappa shape index (κ3) is 23.2. The Hall–Kier alpha value is -7.42. The first kappa shape index (κ1) is 65.7. The van der Waals surface area contributed by atoms with E-state index >= 15 is 0 Å². The maximum absolute atomic E-state index is 14.3. The molecule has 0 aromatic heterocycles. The number of primary amides is 1. The lowest BCUT2D eigenvalue weighted by molar-refractivity contribution is -0.146. The SMILES string of the molecule is CC(C)C[C@H](N)C(=O)N[C@@H](CCCN=C(N)N)C(=O)N[C@H](C(=O)N[C@@H](CC(=O)O)C(=O)N1CCC[C@H]1C(=O)N[C@H](C(=O)N[C@@H](CC(N)=O)C(=O)N[C@@H](Cc1ccccc1)C(=O)N[C@@H](CCCCN)C(=O)O)C(C)C)C(C)C. The number of rotatable bonds is 34. The second-order valence-electron chi connectivity index (χ2n) is 20.2. The molecule has 0 unspecified atom stereocenters. The van der Waals surface area contributed by atoms with Gasteiger partial charge in [-0.1, -0.05) is 71.9 Å². The Labute approximate surface area is 448 Å². The van der Waals surface area contributed by atoms with Crippen LogP contribution >= 0.6 is 0 Å². The number of nitrogens with one attached hydrogen (secondary N) is 7. The largest absolute Gasteiger partial charge is 0.481 e. The first-order valence-corrected chi connectivity index (χ1v) is 25.9. The van der Waals surface area contributed by atoms with Gasteiger partial charge in [-0.25, -0.2) is 4.79 Å². The third-order valence-electron chi connectivity index (χ3n) is 12.5. The predicted octanol–water partition coefficient (Wildman–Crippen LogP) is -3.08. The minimum atomic E-state index is -1.76. The average molecular weight is 1090 g/mol. The van der Waals surface area contributed by atoms with Crippen LogP contribution in [0.1, 0.15) is 111 Å². The molecule has 1 aliphatic rings. The monoisotopic (exact) mass is 1090 g/mol. The fourth-order valence-electron chi connectivity index (χ4n) is 8.40. The van der Waals surface area contributed by atoms with Gasteiger partial charge in [0.25, 0.3) is 0 Å². The van der Waals surface area contributed by atoms with Crippen LogP contribution in [0.15, 0.2) is 35.3 Å². The van der Waals surface area contributed by atoms with Gasteiger partial charge < -0.3 is 81.0 Å². The molecule has 1 heterocycles. The summed E-state index contributed by atoms with van der Waals surface area (Å²) in [5, 5.41) is 37.4. The average Bonchev–Trinajstić information content (AvgIpc) is 3.84. The predicted molar refractivity (Wildman–Crippen MR) is 282 cm³/mol. The number of amides is 9. The van der Waals surface area contributed by atoms with Crippen LogP contribution in [0.3, 0.4) is 0 Å². The number of carbonyl (C=O) groups is 11. The lowest BCUT2D eigenvalue weighted by Gasteiger charge is -2.32. The highest BCUT2D eigenvalue weighted by Gasteiger charge is 2.42. The number of nitrogens with two attached hydrogens (primary N) is 5. The number of carbonyl (C=O) groups excluding carboxylic acids is 9. The number of nitrogens with zero attached hydrogens (tertiary/aromatic N) is 2. The Balaban J connectivity index is 2.35. The Kier molecular flexibility index (Phi) is 28.1. The molecule has 77 heavy (non-hydrogen) atoms. The van der Waals surface area contributed by atoms with E-state index in [2.05, 4.69) is 42.2 Å². The Bertz CT molecular complexity index is 2230. The fourth-order valence-corrected chi connectivity index (χ4v) is 8.40. The lowest BCUT2D eigenvalue weighted by Crippen LogP contribution is -2.61. The molecule has 1 fully saturated rings. The Morgan fingerprint density at radius 2 is 1.17 bits per heavy atom. The molecule has 0 bridgehead atoms. The number of guanidine groups is 1. The van der Waals surface area contributed by atoms with Crippen molar-refractivity contribution < 1.29 is 63.0 Å². The van der Waals surface area contributed by atoms with Crippen LogP contribution in [0.5, 0.6) is 0 Å². The molecule has 27 heteroatoms. The molecule has 430 valence electrons. The van der Waals surface area contributed by atoms with Crippen LogP contribution in [0.4, 0.5) is 0 Å². The van der Waals surface area contributed by atoms with Crippen molar-refractivity contribution in [3.8, 4) is 0 Å². The van der Waals surface area contributed by atoms with E-state index in [1.807, 2.05) is 13.8 Å².